The van der Waals surface area contributed by atoms with Crippen LogP contribution in [-0.4, -0.2) is 35.9 Å². The molecule has 2 aromatic rings. The first-order valence-electron chi connectivity index (χ1n) is 10.1. The maximum atomic E-state index is 13.0. The van der Waals surface area contributed by atoms with Crippen LogP contribution in [0.3, 0.4) is 0 Å². The van der Waals surface area contributed by atoms with E-state index in [1.54, 1.807) is 43.1 Å². The summed E-state index contributed by atoms with van der Waals surface area (Å²) in [6.07, 6.45) is 3.97. The molecule has 0 radical (unpaired) electrons. The Kier molecular flexibility index (Phi) is 12.5. The Morgan fingerprint density at radius 3 is 2.69 bits per heavy atom. The van der Waals surface area contributed by atoms with Crippen LogP contribution in [0.15, 0.2) is 47.9 Å². The van der Waals surface area contributed by atoms with Gasteiger partial charge in [-0.1, -0.05) is 38.2 Å². The third-order valence-electron chi connectivity index (χ3n) is 4.33. The van der Waals surface area contributed by atoms with E-state index in [0.29, 0.717) is 28.4 Å². The van der Waals surface area contributed by atoms with E-state index in [-0.39, 0.29) is 29.6 Å². The van der Waals surface area contributed by atoms with E-state index >= 15 is 0 Å². The van der Waals surface area contributed by atoms with Crippen molar-refractivity contribution in [3.8, 4) is 11.8 Å². The van der Waals surface area contributed by atoms with Gasteiger partial charge in [0.15, 0.2) is 0 Å². The molecule has 0 spiro atoms. The monoisotopic (exact) mass is 472 g/mol. The van der Waals surface area contributed by atoms with Crippen molar-refractivity contribution in [3.05, 3.63) is 59.6 Å². The minimum absolute atomic E-state index is 0. The Morgan fingerprint density at radius 1 is 1.34 bits per heavy atom. The number of nitrogens with zero attached hydrogens (tertiary/aromatic N) is 1. The molecule has 1 unspecified atom stereocenters. The molecule has 0 saturated carbocycles. The first-order chi connectivity index (χ1) is 14.8. The summed E-state index contributed by atoms with van der Waals surface area (Å²) in [7, 11) is 1.61. The van der Waals surface area contributed by atoms with Gasteiger partial charge in [-0.3, -0.25) is 0 Å². The second-order valence-electron chi connectivity index (χ2n) is 6.93. The van der Waals surface area contributed by atoms with Crippen LogP contribution in [-0.2, 0) is 11.3 Å². The van der Waals surface area contributed by atoms with Gasteiger partial charge >= 0.3 is 35.7 Å². The van der Waals surface area contributed by atoms with Crippen molar-refractivity contribution in [2.75, 3.05) is 19.9 Å². The number of methoxy groups -OCH3 is 1. The van der Waals surface area contributed by atoms with Crippen LogP contribution in [0.1, 0.15) is 32.4 Å². The molecule has 1 atom stereocenters. The van der Waals surface area contributed by atoms with Crippen LogP contribution < -0.4 is 34.9 Å². The molecule has 8 heteroatoms. The molecule has 3 rings (SSSR count). The molecule has 0 aliphatic heterocycles. The summed E-state index contributed by atoms with van der Waals surface area (Å²) in [6.45, 7) is 3.47. The average molecular weight is 473 g/mol. The van der Waals surface area contributed by atoms with Crippen molar-refractivity contribution in [1.29, 1.82) is 0 Å². The van der Waals surface area contributed by atoms with E-state index in [4.69, 9.17) is 4.74 Å². The molecule has 32 heavy (non-hydrogen) atoms. The van der Waals surface area contributed by atoms with E-state index in [2.05, 4.69) is 49.2 Å². The van der Waals surface area contributed by atoms with Crippen LogP contribution in [0, 0.1) is 17.9 Å². The predicted octanol–water partition coefficient (Wildman–Crippen LogP) is 2.91. The topological polar surface area (TPSA) is 26.2 Å². The minimum atomic E-state index is -4.32. The van der Waals surface area contributed by atoms with Crippen molar-refractivity contribution in [1.82, 2.24) is 9.88 Å². The van der Waals surface area contributed by atoms with E-state index in [9.17, 15) is 13.2 Å². The van der Waals surface area contributed by atoms with Gasteiger partial charge in [-0.15, -0.1) is 35.7 Å². The fourth-order valence-corrected chi connectivity index (χ4v) is 3.57. The summed E-state index contributed by atoms with van der Waals surface area (Å²) in [4.78, 5) is 0. The predicted molar refractivity (Wildman–Crippen MR) is 123 cm³/mol. The summed E-state index contributed by atoms with van der Waals surface area (Å²) in [5.74, 6) is 6.53. The fourth-order valence-electron chi connectivity index (χ4n) is 3.03. The van der Waals surface area contributed by atoms with Crippen molar-refractivity contribution < 1.29 is 47.5 Å². The number of allylic oxidation sites excluding steroid dienone is 1. The Morgan fingerprint density at radius 2 is 2.06 bits per heavy atom. The summed E-state index contributed by atoms with van der Waals surface area (Å²) >= 11 is 1.75. The van der Waals surface area contributed by atoms with Crippen molar-refractivity contribution in [2.24, 2.45) is 0 Å². The maximum Gasteiger partial charge on any atom is 1.00 e. The smallest absolute Gasteiger partial charge is 0.495 e. The number of nitrogens with one attached hydrogen (secondary N) is 1. The van der Waals surface area contributed by atoms with Gasteiger partial charge in [0.25, 0.3) is 0 Å². The second kappa shape index (κ2) is 13.9. The number of hydrogen-bond donors (Lipinski definition) is 1. The number of alkyl halides is 3. The van der Waals surface area contributed by atoms with Gasteiger partial charge in [0, 0.05) is 10.9 Å². The molecular formula is C24H28F3N2NaOS. The number of ether oxygens (including phenoxy) is 1. The molecule has 1 aromatic carbocycles. The van der Waals surface area contributed by atoms with Crippen LogP contribution in [0.2, 0.25) is 0 Å². The van der Waals surface area contributed by atoms with Crippen LogP contribution in [0.25, 0.3) is 10.9 Å². The molecule has 1 heterocycles. The first kappa shape index (κ1) is 28.6. The van der Waals surface area contributed by atoms with E-state index in [1.165, 1.54) is 11.0 Å². The zero-order valence-electron chi connectivity index (χ0n) is 19.3. The van der Waals surface area contributed by atoms with E-state index < -0.39 is 12.7 Å². The standard InChI is InChI=1S/C21H20F3N2OS.C3H8.Na/c1-27-20-13-17(28-2)9-10-18(20)25-11-5-7-16-12-15-6-3-4-8-19(15)26(16)14-21(22,23)24;1-3-2;/h3-4,8,10,12-13,17,25H,9,11,14H2,1-2H3;3H2,1-2H3;/q-1;;+1. The average Bonchev–Trinajstić information content (AvgIpc) is 3.07. The second-order valence-corrected chi connectivity index (χ2v) is 8.00. The normalized spacial score (nSPS) is 15.3. The van der Waals surface area contributed by atoms with Crippen molar-refractivity contribution in [3.63, 3.8) is 0 Å². The summed E-state index contributed by atoms with van der Waals surface area (Å²) in [6, 6.07) is 9.58. The van der Waals surface area contributed by atoms with Gasteiger partial charge in [0.1, 0.15) is 12.3 Å². The fraction of sp³-hybridized carbons (Fsp3) is 0.417. The quantitative estimate of drug-likeness (QED) is 0.412. The van der Waals surface area contributed by atoms with Crippen LogP contribution in [0.4, 0.5) is 13.2 Å². The van der Waals surface area contributed by atoms with Crippen LogP contribution in [0.5, 0.6) is 0 Å². The number of halogens is 3. The van der Waals surface area contributed by atoms with Gasteiger partial charge in [-0.2, -0.15) is 24.9 Å². The molecule has 1 N–H and O–H groups in total. The van der Waals surface area contributed by atoms with Gasteiger partial charge in [-0.05, 0) is 24.3 Å². The molecular weight excluding hydrogens is 444 g/mol. The molecule has 0 fully saturated rings. The van der Waals surface area contributed by atoms with Crippen LogP contribution >= 0.6 is 11.8 Å². The summed E-state index contributed by atoms with van der Waals surface area (Å²) in [5, 5.41) is 4.18. The van der Waals surface area contributed by atoms with Gasteiger partial charge in [-0.25, -0.2) is 0 Å². The summed E-state index contributed by atoms with van der Waals surface area (Å²) < 4.78 is 45.5. The number of aromatic nitrogens is 1. The number of thioether (sulfide) groups is 1. The molecule has 1 aromatic heterocycles. The third kappa shape index (κ3) is 8.47. The number of benzene rings is 1. The largest absolute Gasteiger partial charge is 1.00 e. The summed E-state index contributed by atoms with van der Waals surface area (Å²) in [5.41, 5.74) is 1.64. The maximum absolute atomic E-state index is 13.0. The number of hydrogen-bond acceptors (Lipinski definition) is 3. The Balaban J connectivity index is 0.00000121. The number of rotatable bonds is 5. The number of fused-ring (bicyclic) bond motifs is 1. The zero-order valence-corrected chi connectivity index (χ0v) is 22.1. The van der Waals surface area contributed by atoms with Gasteiger partial charge in [0.2, 0.25) is 0 Å². The van der Waals surface area contributed by atoms with Gasteiger partial charge < -0.3 is 14.6 Å². The molecule has 1 aliphatic carbocycles. The van der Waals surface area contributed by atoms with Crippen molar-refractivity contribution >= 4 is 22.7 Å². The van der Waals surface area contributed by atoms with Gasteiger partial charge in [0.05, 0.1) is 19.4 Å². The first-order valence-corrected chi connectivity index (χ1v) is 11.4. The Hall–Kier alpha value is -1.46. The molecule has 0 saturated heterocycles. The molecule has 168 valence electrons. The van der Waals surface area contributed by atoms with E-state index in [1.807, 2.05) is 6.26 Å². The van der Waals surface area contributed by atoms with Crippen molar-refractivity contribution in [2.45, 2.75) is 44.7 Å². The SMILES string of the molecule is CCC.COC1=CC(SC)CC=C1NCC#Cc1cc2[c-]cccc2n1CC(F)(F)F.[Na+]. The zero-order chi connectivity index (χ0) is 22.9. The molecule has 0 amide bonds. The Bertz CT molecular complexity index is 987. The molecule has 3 nitrogen and oxygen atoms in total. The minimum Gasteiger partial charge on any atom is -0.495 e. The Labute approximate surface area is 215 Å². The van der Waals surface area contributed by atoms with E-state index in [0.717, 1.165) is 17.9 Å². The third-order valence-corrected chi connectivity index (χ3v) is 5.26. The molecule has 0 bridgehead atoms. The molecule has 1 aliphatic rings.